The topological polar surface area (TPSA) is 38.7 Å². The molecule has 0 N–H and O–H groups in total. The summed E-state index contributed by atoms with van der Waals surface area (Å²) in [6, 6.07) is 56.1. The van der Waals surface area contributed by atoms with E-state index in [-0.39, 0.29) is 37.6 Å². The van der Waals surface area contributed by atoms with E-state index in [1.807, 2.05) is 130 Å². The Labute approximate surface area is 369 Å². The van der Waals surface area contributed by atoms with Gasteiger partial charge in [-0.25, -0.2) is 13.2 Å². The minimum atomic E-state index is -0.217. The summed E-state index contributed by atoms with van der Waals surface area (Å²) >= 11 is 0. The SMILES string of the molecule is Cc1ccc(-c2cccc(-c3ccc(F)cc3)c2)nc1.Cc1ccc(-c2cccc(-c3ccc(F)cc3)c2)nc1.Cc1ccc(-c2cccc(-c3ccc(F)cc3)c2)nc1.[Ir+3]. The molecule has 0 amide bonds. The molecular formula is C54H42F3IrN3+3. The monoisotopic (exact) mass is 982 g/mol. The van der Waals surface area contributed by atoms with E-state index in [4.69, 9.17) is 0 Å². The van der Waals surface area contributed by atoms with Crippen molar-refractivity contribution in [3.05, 3.63) is 235 Å². The first kappa shape index (κ1) is 43.8. The Balaban J connectivity index is 0.000000152. The van der Waals surface area contributed by atoms with Crippen LogP contribution in [0.2, 0.25) is 0 Å². The number of hydrogen-bond acceptors (Lipinski definition) is 3. The van der Waals surface area contributed by atoms with Crippen LogP contribution in [0.15, 0.2) is 201 Å². The van der Waals surface area contributed by atoms with Gasteiger partial charge in [0.15, 0.2) is 0 Å². The van der Waals surface area contributed by atoms with Gasteiger partial charge in [-0.05, 0) is 144 Å². The molecule has 0 radical (unpaired) electrons. The molecule has 0 spiro atoms. The van der Waals surface area contributed by atoms with Crippen LogP contribution in [0.4, 0.5) is 13.2 Å². The molecule has 7 heteroatoms. The Morgan fingerprint density at radius 3 is 0.754 bits per heavy atom. The number of rotatable bonds is 6. The summed E-state index contributed by atoms with van der Waals surface area (Å²) in [5.74, 6) is -0.652. The quantitative estimate of drug-likeness (QED) is 0.167. The van der Waals surface area contributed by atoms with Crippen molar-refractivity contribution in [3.8, 4) is 67.2 Å². The van der Waals surface area contributed by atoms with Crippen molar-refractivity contribution < 1.29 is 33.3 Å². The van der Waals surface area contributed by atoms with E-state index in [0.717, 1.165) is 83.8 Å². The molecule has 0 aliphatic heterocycles. The maximum atomic E-state index is 13.0. The third kappa shape index (κ3) is 12.1. The predicted molar refractivity (Wildman–Crippen MR) is 239 cm³/mol. The van der Waals surface area contributed by atoms with Gasteiger partial charge in [-0.2, -0.15) is 0 Å². The second-order valence-corrected chi connectivity index (χ2v) is 14.4. The molecule has 9 rings (SSSR count). The fourth-order valence-electron chi connectivity index (χ4n) is 6.42. The fourth-order valence-corrected chi connectivity index (χ4v) is 6.42. The minimum Gasteiger partial charge on any atom is -0.256 e. The van der Waals surface area contributed by atoms with Crippen LogP contribution in [0, 0.1) is 38.2 Å². The Bertz CT molecular complexity index is 2280. The van der Waals surface area contributed by atoms with E-state index in [1.165, 1.54) is 36.4 Å². The van der Waals surface area contributed by atoms with Gasteiger partial charge in [-0.3, -0.25) is 15.0 Å². The number of hydrogen-bond donors (Lipinski definition) is 0. The molecule has 0 fully saturated rings. The summed E-state index contributed by atoms with van der Waals surface area (Å²) < 4.78 is 38.9. The van der Waals surface area contributed by atoms with Gasteiger partial charge in [0.05, 0.1) is 17.1 Å². The van der Waals surface area contributed by atoms with Gasteiger partial charge in [-0.15, -0.1) is 0 Å². The fraction of sp³-hybridized carbons (Fsp3) is 0.0556. The normalized spacial score (nSPS) is 10.3. The van der Waals surface area contributed by atoms with Crippen LogP contribution in [0.3, 0.4) is 0 Å². The molecule has 3 nitrogen and oxygen atoms in total. The van der Waals surface area contributed by atoms with Crippen molar-refractivity contribution in [2.75, 3.05) is 0 Å². The maximum Gasteiger partial charge on any atom is 3.00 e. The average Bonchev–Trinajstić information content (AvgIpc) is 3.28. The summed E-state index contributed by atoms with van der Waals surface area (Å²) in [4.78, 5) is 13.3. The summed E-state index contributed by atoms with van der Waals surface area (Å²) in [6.45, 7) is 6.06. The number of aryl methyl sites for hydroxylation is 3. The molecule has 9 aromatic rings. The van der Waals surface area contributed by atoms with E-state index < -0.39 is 0 Å². The number of pyridine rings is 3. The van der Waals surface area contributed by atoms with Crippen molar-refractivity contribution in [1.82, 2.24) is 15.0 Å². The largest absolute Gasteiger partial charge is 3.00 e. The van der Waals surface area contributed by atoms with E-state index in [2.05, 4.69) is 33.2 Å². The van der Waals surface area contributed by atoms with Crippen molar-refractivity contribution >= 4 is 0 Å². The standard InChI is InChI=1S/3C18H14FN.Ir/c3*1-13-5-10-18(20-12-13)16-4-2-3-15(11-16)14-6-8-17(19)9-7-14;/h3*2-12H,1H3;/q;;;+3. The molecule has 0 bridgehead atoms. The van der Waals surface area contributed by atoms with Gasteiger partial charge >= 0.3 is 20.1 Å². The molecule has 0 atom stereocenters. The van der Waals surface area contributed by atoms with Gasteiger partial charge in [0.2, 0.25) is 0 Å². The van der Waals surface area contributed by atoms with Crippen LogP contribution in [-0.4, -0.2) is 15.0 Å². The summed E-state index contributed by atoms with van der Waals surface area (Å²) in [7, 11) is 0. The van der Waals surface area contributed by atoms with Crippen LogP contribution >= 0.6 is 0 Å². The van der Waals surface area contributed by atoms with Crippen molar-refractivity contribution in [1.29, 1.82) is 0 Å². The van der Waals surface area contributed by atoms with Gasteiger partial charge < -0.3 is 0 Å². The van der Waals surface area contributed by atoms with Crippen molar-refractivity contribution in [2.24, 2.45) is 0 Å². The predicted octanol–water partition coefficient (Wildman–Crippen LogP) is 14.6. The van der Waals surface area contributed by atoms with Crippen LogP contribution < -0.4 is 0 Å². The minimum absolute atomic E-state index is 0. The molecule has 0 aliphatic carbocycles. The molecular weight excluding hydrogens is 940 g/mol. The number of aromatic nitrogens is 3. The Kier molecular flexibility index (Phi) is 15.0. The van der Waals surface area contributed by atoms with Gasteiger partial charge in [0.1, 0.15) is 17.5 Å². The molecule has 0 saturated heterocycles. The third-order valence-corrected chi connectivity index (χ3v) is 9.74. The molecule has 0 aliphatic rings. The molecule has 0 saturated carbocycles. The molecule has 3 aromatic heterocycles. The first-order valence-corrected chi connectivity index (χ1v) is 19.5. The van der Waals surface area contributed by atoms with E-state index in [9.17, 15) is 13.2 Å². The maximum absolute atomic E-state index is 13.0. The summed E-state index contributed by atoms with van der Waals surface area (Å²) in [6.07, 6.45) is 5.58. The van der Waals surface area contributed by atoms with Gasteiger partial charge in [0.25, 0.3) is 0 Å². The first-order valence-electron chi connectivity index (χ1n) is 19.5. The van der Waals surface area contributed by atoms with E-state index in [0.29, 0.717) is 0 Å². The number of halogens is 3. The second-order valence-electron chi connectivity index (χ2n) is 14.4. The van der Waals surface area contributed by atoms with Gasteiger partial charge in [-0.1, -0.05) is 109 Å². The van der Waals surface area contributed by atoms with E-state index >= 15 is 0 Å². The number of benzene rings is 6. The Morgan fingerprint density at radius 2 is 0.525 bits per heavy atom. The molecule has 0 unspecified atom stereocenters. The van der Waals surface area contributed by atoms with Crippen LogP contribution in [-0.2, 0) is 20.1 Å². The zero-order valence-electron chi connectivity index (χ0n) is 33.9. The smallest absolute Gasteiger partial charge is 0.256 e. The van der Waals surface area contributed by atoms with Crippen LogP contribution in [0.1, 0.15) is 16.7 Å². The van der Waals surface area contributed by atoms with Crippen molar-refractivity contribution in [3.63, 3.8) is 0 Å². The number of nitrogens with zero attached hydrogens (tertiary/aromatic N) is 3. The molecule has 6 aromatic carbocycles. The first-order chi connectivity index (χ1) is 29.2. The third-order valence-electron chi connectivity index (χ3n) is 9.74. The van der Waals surface area contributed by atoms with E-state index in [1.54, 1.807) is 36.4 Å². The van der Waals surface area contributed by atoms with Crippen LogP contribution in [0.5, 0.6) is 0 Å². The molecule has 300 valence electrons. The zero-order chi connectivity index (χ0) is 41.8. The Hall–Kier alpha value is -6.79. The molecule has 3 heterocycles. The summed E-state index contributed by atoms with van der Waals surface area (Å²) in [5.41, 5.74) is 15.6. The second kappa shape index (κ2) is 20.9. The van der Waals surface area contributed by atoms with Gasteiger partial charge in [0, 0.05) is 35.3 Å². The summed E-state index contributed by atoms with van der Waals surface area (Å²) in [5, 5.41) is 0. The Morgan fingerprint density at radius 1 is 0.279 bits per heavy atom. The molecule has 61 heavy (non-hydrogen) atoms. The zero-order valence-corrected chi connectivity index (χ0v) is 36.3. The average molecular weight is 982 g/mol. The van der Waals surface area contributed by atoms with Crippen LogP contribution in [0.25, 0.3) is 67.2 Å². The van der Waals surface area contributed by atoms with Crippen molar-refractivity contribution in [2.45, 2.75) is 20.8 Å².